The molecule has 1 aromatic carbocycles. The van der Waals surface area contributed by atoms with Crippen LogP contribution in [0.1, 0.15) is 5.69 Å². The molecular weight excluding hydrogens is 416 g/mol. The number of thioether (sulfide) groups is 1. The van der Waals surface area contributed by atoms with Crippen molar-refractivity contribution in [3.63, 3.8) is 0 Å². The molecule has 0 unspecified atom stereocenters. The maximum Gasteiger partial charge on any atom is 0.323 e. The number of hydrogen-bond donors (Lipinski definition) is 1. The summed E-state index contributed by atoms with van der Waals surface area (Å²) >= 11 is 7.65. The average Bonchev–Trinajstić information content (AvgIpc) is 3.39. The third-order valence-corrected chi connectivity index (χ3v) is 6.22. The Morgan fingerprint density at radius 3 is 2.71 bits per heavy atom. The fraction of sp³-hybridized carbons (Fsp3) is 0.0556. The highest BCUT2D eigenvalue weighted by molar-refractivity contribution is 8.26. The molecule has 28 heavy (non-hydrogen) atoms. The lowest BCUT2D eigenvalue weighted by atomic mass is 10.2. The smallest absolute Gasteiger partial charge is 0.323 e. The molecular formula is C18H12N4O3S3. The van der Waals surface area contributed by atoms with Gasteiger partial charge in [0.05, 0.1) is 4.91 Å². The van der Waals surface area contributed by atoms with Crippen LogP contribution in [0.4, 0.5) is 0 Å². The first-order valence-electron chi connectivity index (χ1n) is 8.07. The number of carbonyl (C=O) groups is 2. The molecule has 0 spiro atoms. The molecule has 0 radical (unpaired) electrons. The molecule has 7 nitrogen and oxygen atoms in total. The number of carboxylic acid groups (broad SMARTS) is 1. The van der Waals surface area contributed by atoms with E-state index in [1.165, 1.54) is 11.3 Å². The average molecular weight is 429 g/mol. The lowest BCUT2D eigenvalue weighted by Crippen LogP contribution is -2.33. The molecule has 1 fully saturated rings. The van der Waals surface area contributed by atoms with E-state index in [0.29, 0.717) is 10.0 Å². The Bertz CT molecular complexity index is 1100. The summed E-state index contributed by atoms with van der Waals surface area (Å²) < 4.78 is 2.06. The van der Waals surface area contributed by atoms with E-state index in [-0.39, 0.29) is 4.32 Å². The summed E-state index contributed by atoms with van der Waals surface area (Å²) in [4.78, 5) is 24.9. The topological polar surface area (TPSA) is 88.3 Å². The van der Waals surface area contributed by atoms with Crippen LogP contribution < -0.4 is 0 Å². The van der Waals surface area contributed by atoms with Gasteiger partial charge >= 0.3 is 5.97 Å². The lowest BCUT2D eigenvalue weighted by molar-refractivity contribution is -0.140. The standard InChI is InChI=1S/C18H12N4O3S3/c23-14(24)10-22-16(25)13(27-18(22)26)9-12-7-4-8-21(12)17-20-19-15(28-17)11-5-2-1-3-6-11/h1-9H,10H2,(H,23,24)/b13-9-. The van der Waals surface area contributed by atoms with E-state index in [2.05, 4.69) is 10.2 Å². The van der Waals surface area contributed by atoms with Crippen LogP contribution >= 0.6 is 35.3 Å². The predicted octanol–water partition coefficient (Wildman–Crippen LogP) is 3.28. The monoisotopic (exact) mass is 428 g/mol. The van der Waals surface area contributed by atoms with Gasteiger partial charge in [0, 0.05) is 17.5 Å². The highest BCUT2D eigenvalue weighted by atomic mass is 32.2. The lowest BCUT2D eigenvalue weighted by Gasteiger charge is -2.10. The molecule has 0 aliphatic carbocycles. The third kappa shape index (κ3) is 3.61. The molecule has 0 bridgehead atoms. The zero-order chi connectivity index (χ0) is 19.7. The summed E-state index contributed by atoms with van der Waals surface area (Å²) in [6.45, 7) is -0.445. The number of rotatable bonds is 5. The maximum absolute atomic E-state index is 12.5. The van der Waals surface area contributed by atoms with Gasteiger partial charge < -0.3 is 5.11 Å². The molecule has 2 aromatic heterocycles. The van der Waals surface area contributed by atoms with Gasteiger partial charge in [0.25, 0.3) is 5.91 Å². The molecule has 1 saturated heterocycles. The van der Waals surface area contributed by atoms with Gasteiger partial charge in [0.2, 0.25) is 5.13 Å². The van der Waals surface area contributed by atoms with Crippen molar-refractivity contribution in [2.75, 3.05) is 6.54 Å². The molecule has 0 saturated carbocycles. The fourth-order valence-corrected chi connectivity index (χ4v) is 4.70. The SMILES string of the molecule is O=C(O)CN1C(=O)/C(=C/c2cccn2-c2nnc(-c3ccccc3)s2)SC1=S. The first kappa shape index (κ1) is 18.5. The van der Waals surface area contributed by atoms with E-state index in [1.54, 1.807) is 6.08 Å². The zero-order valence-electron chi connectivity index (χ0n) is 14.2. The van der Waals surface area contributed by atoms with Crippen molar-refractivity contribution in [1.82, 2.24) is 19.7 Å². The van der Waals surface area contributed by atoms with Crippen LogP contribution in [0.25, 0.3) is 21.8 Å². The Morgan fingerprint density at radius 2 is 1.96 bits per heavy atom. The van der Waals surface area contributed by atoms with Crippen molar-refractivity contribution in [2.24, 2.45) is 0 Å². The Hall–Kier alpha value is -2.82. The van der Waals surface area contributed by atoms with E-state index in [9.17, 15) is 9.59 Å². The quantitative estimate of drug-likeness (QED) is 0.493. The highest BCUT2D eigenvalue weighted by Crippen LogP contribution is 2.33. The summed E-state index contributed by atoms with van der Waals surface area (Å²) in [5.41, 5.74) is 1.71. The number of nitrogens with zero attached hydrogens (tertiary/aromatic N) is 4. The van der Waals surface area contributed by atoms with Crippen molar-refractivity contribution < 1.29 is 14.7 Å². The van der Waals surface area contributed by atoms with Crippen molar-refractivity contribution in [2.45, 2.75) is 0 Å². The summed E-state index contributed by atoms with van der Waals surface area (Å²) in [5, 5.41) is 18.9. The van der Waals surface area contributed by atoms with E-state index in [4.69, 9.17) is 17.3 Å². The van der Waals surface area contributed by atoms with Crippen LogP contribution in [-0.2, 0) is 9.59 Å². The van der Waals surface area contributed by atoms with Crippen LogP contribution in [0.15, 0.2) is 53.6 Å². The van der Waals surface area contributed by atoms with Gasteiger partial charge in [-0.05, 0) is 18.2 Å². The van der Waals surface area contributed by atoms with Gasteiger partial charge in [-0.2, -0.15) is 0 Å². The van der Waals surface area contributed by atoms with Crippen LogP contribution in [0.3, 0.4) is 0 Å². The maximum atomic E-state index is 12.5. The van der Waals surface area contributed by atoms with E-state index in [1.807, 2.05) is 53.2 Å². The number of hydrogen-bond acceptors (Lipinski definition) is 7. The van der Waals surface area contributed by atoms with Gasteiger partial charge in [0.1, 0.15) is 15.9 Å². The van der Waals surface area contributed by atoms with Crippen molar-refractivity contribution in [3.05, 3.63) is 59.3 Å². The predicted molar refractivity (Wildman–Crippen MR) is 112 cm³/mol. The molecule has 10 heteroatoms. The van der Waals surface area contributed by atoms with Gasteiger partial charge in [-0.15, -0.1) is 10.2 Å². The summed E-state index contributed by atoms with van der Waals surface area (Å²) in [5.74, 6) is -1.52. The second-order valence-corrected chi connectivity index (χ2v) is 8.35. The third-order valence-electron chi connectivity index (χ3n) is 3.87. The second kappa shape index (κ2) is 7.66. The zero-order valence-corrected chi connectivity index (χ0v) is 16.6. The number of thiocarbonyl (C=S) groups is 1. The van der Waals surface area contributed by atoms with Crippen LogP contribution in [0.2, 0.25) is 0 Å². The van der Waals surface area contributed by atoms with Crippen LogP contribution in [0.5, 0.6) is 0 Å². The van der Waals surface area contributed by atoms with Gasteiger partial charge in [-0.25, -0.2) is 0 Å². The van der Waals surface area contributed by atoms with E-state index in [0.717, 1.165) is 32.9 Å². The fourth-order valence-electron chi connectivity index (χ4n) is 2.60. The first-order chi connectivity index (χ1) is 13.5. The Morgan fingerprint density at radius 1 is 1.18 bits per heavy atom. The van der Waals surface area contributed by atoms with Crippen LogP contribution in [-0.4, -0.2) is 47.5 Å². The Kier molecular flexibility index (Phi) is 5.07. The minimum Gasteiger partial charge on any atom is -0.480 e. The van der Waals surface area contributed by atoms with Crippen LogP contribution in [0, 0.1) is 0 Å². The number of aromatic nitrogens is 3. The van der Waals surface area contributed by atoms with E-state index < -0.39 is 18.4 Å². The molecule has 0 atom stereocenters. The molecule has 4 rings (SSSR count). The van der Waals surface area contributed by atoms with Gasteiger partial charge in [0.15, 0.2) is 0 Å². The molecule has 3 aromatic rings. The Balaban J connectivity index is 1.63. The minimum atomic E-state index is -1.11. The molecule has 140 valence electrons. The molecule has 3 heterocycles. The first-order valence-corrected chi connectivity index (χ1v) is 10.1. The van der Waals surface area contributed by atoms with Crippen molar-refractivity contribution in [1.29, 1.82) is 0 Å². The number of carbonyl (C=O) groups excluding carboxylic acids is 1. The van der Waals surface area contributed by atoms with Crippen molar-refractivity contribution in [3.8, 4) is 15.7 Å². The summed E-state index contributed by atoms with van der Waals surface area (Å²) in [7, 11) is 0. The highest BCUT2D eigenvalue weighted by Gasteiger charge is 2.33. The number of carboxylic acids is 1. The summed E-state index contributed by atoms with van der Waals surface area (Å²) in [6.07, 6.45) is 3.52. The number of benzene rings is 1. The molecule has 1 aliphatic heterocycles. The normalized spacial score (nSPS) is 15.6. The van der Waals surface area contributed by atoms with E-state index >= 15 is 0 Å². The van der Waals surface area contributed by atoms with Crippen molar-refractivity contribution >= 4 is 57.6 Å². The molecule has 1 amide bonds. The summed E-state index contributed by atoms with van der Waals surface area (Å²) in [6, 6.07) is 13.4. The van der Waals surface area contributed by atoms with Gasteiger partial charge in [-0.1, -0.05) is 65.6 Å². The van der Waals surface area contributed by atoms with Gasteiger partial charge in [-0.3, -0.25) is 19.1 Å². The minimum absolute atomic E-state index is 0.235. The largest absolute Gasteiger partial charge is 0.480 e. The number of aliphatic carboxylic acids is 1. The molecule has 1 aliphatic rings. The Labute approximate surface area is 173 Å². The number of amides is 1. The molecule has 1 N–H and O–H groups in total. The second-order valence-electron chi connectivity index (χ2n) is 5.72.